The van der Waals surface area contributed by atoms with Crippen LogP contribution in [0, 0.1) is 17.3 Å². The van der Waals surface area contributed by atoms with Crippen LogP contribution in [0.1, 0.15) is 46.0 Å². The summed E-state index contributed by atoms with van der Waals surface area (Å²) >= 11 is 2.13. The molecule has 0 aromatic carbocycles. The molecule has 5 atom stereocenters. The second-order valence-corrected chi connectivity index (χ2v) is 9.10. The standard InChI is InChI=1S/C15H19IO5/c1-3-14(2,16)12(18)20-10-5-9-4-8(10)6-15(9)7-11(17)21-13(15)19/h8-10H,3-7H2,1-2H3. The molecule has 0 aromatic heterocycles. The Morgan fingerprint density at radius 1 is 1.48 bits per heavy atom. The van der Waals surface area contributed by atoms with Crippen molar-refractivity contribution in [2.45, 2.75) is 55.5 Å². The van der Waals surface area contributed by atoms with Crippen molar-refractivity contribution in [2.75, 3.05) is 0 Å². The second kappa shape index (κ2) is 4.93. The third kappa shape index (κ3) is 2.29. The maximum atomic E-state index is 12.2. The summed E-state index contributed by atoms with van der Waals surface area (Å²) in [6.07, 6.45) is 2.95. The average Bonchev–Trinajstić information content (AvgIpc) is 3.03. The highest BCUT2D eigenvalue weighted by molar-refractivity contribution is 14.1. The zero-order valence-electron chi connectivity index (χ0n) is 12.2. The first-order chi connectivity index (χ1) is 9.78. The van der Waals surface area contributed by atoms with Gasteiger partial charge in [0.05, 0.1) is 11.8 Å². The first-order valence-electron chi connectivity index (χ1n) is 7.43. The summed E-state index contributed by atoms with van der Waals surface area (Å²) in [4.78, 5) is 35.6. The highest BCUT2D eigenvalue weighted by atomic mass is 127. The number of carbonyl (C=O) groups excluding carboxylic acids is 3. The zero-order valence-corrected chi connectivity index (χ0v) is 14.3. The van der Waals surface area contributed by atoms with Crippen LogP contribution < -0.4 is 0 Å². The van der Waals surface area contributed by atoms with E-state index in [-0.39, 0.29) is 36.3 Å². The molecule has 116 valence electrons. The van der Waals surface area contributed by atoms with Crippen molar-refractivity contribution in [1.82, 2.24) is 0 Å². The first-order valence-corrected chi connectivity index (χ1v) is 8.51. The lowest BCUT2D eigenvalue weighted by Gasteiger charge is -2.33. The Bertz CT molecular complexity index is 514. The molecule has 0 N–H and O–H groups in total. The van der Waals surface area contributed by atoms with Crippen LogP contribution in [0.15, 0.2) is 0 Å². The van der Waals surface area contributed by atoms with Gasteiger partial charge in [-0.15, -0.1) is 0 Å². The van der Waals surface area contributed by atoms with Crippen LogP contribution >= 0.6 is 22.6 Å². The topological polar surface area (TPSA) is 69.7 Å². The van der Waals surface area contributed by atoms with Crippen LogP contribution in [-0.4, -0.2) is 27.4 Å². The summed E-state index contributed by atoms with van der Waals surface area (Å²) in [5, 5.41) is 0. The number of halogens is 1. The van der Waals surface area contributed by atoms with E-state index >= 15 is 0 Å². The molecule has 2 bridgehead atoms. The average molecular weight is 406 g/mol. The minimum absolute atomic E-state index is 0.112. The molecule has 0 amide bonds. The summed E-state index contributed by atoms with van der Waals surface area (Å²) in [6, 6.07) is 0. The zero-order chi connectivity index (χ0) is 15.4. The smallest absolute Gasteiger partial charge is 0.322 e. The second-order valence-electron chi connectivity index (χ2n) is 6.72. The van der Waals surface area contributed by atoms with Crippen molar-refractivity contribution in [2.24, 2.45) is 17.3 Å². The number of rotatable bonds is 3. The van der Waals surface area contributed by atoms with Gasteiger partial charge in [-0.05, 0) is 44.4 Å². The molecule has 5 unspecified atom stereocenters. The quantitative estimate of drug-likeness (QED) is 0.312. The van der Waals surface area contributed by atoms with E-state index in [0.29, 0.717) is 12.8 Å². The van der Waals surface area contributed by atoms with E-state index < -0.39 is 14.8 Å². The summed E-state index contributed by atoms with van der Waals surface area (Å²) in [7, 11) is 0. The lowest BCUT2D eigenvalue weighted by atomic mass is 9.71. The predicted octanol–water partition coefficient (Wildman–Crippen LogP) is 2.39. The van der Waals surface area contributed by atoms with Gasteiger partial charge >= 0.3 is 17.9 Å². The van der Waals surface area contributed by atoms with Crippen molar-refractivity contribution in [1.29, 1.82) is 0 Å². The maximum Gasteiger partial charge on any atom is 0.322 e. The van der Waals surface area contributed by atoms with E-state index in [1.807, 2.05) is 13.8 Å². The molecule has 1 aliphatic heterocycles. The van der Waals surface area contributed by atoms with Crippen molar-refractivity contribution >= 4 is 40.5 Å². The van der Waals surface area contributed by atoms with Gasteiger partial charge in [0, 0.05) is 0 Å². The molecule has 1 heterocycles. The summed E-state index contributed by atoms with van der Waals surface area (Å²) in [5.41, 5.74) is -0.622. The highest BCUT2D eigenvalue weighted by Crippen LogP contribution is 2.60. The van der Waals surface area contributed by atoms with Gasteiger partial charge in [-0.1, -0.05) is 29.5 Å². The fraction of sp³-hybridized carbons (Fsp3) is 0.800. The number of carbonyl (C=O) groups is 3. The monoisotopic (exact) mass is 406 g/mol. The molecule has 0 aromatic rings. The summed E-state index contributed by atoms with van der Waals surface area (Å²) < 4.78 is 9.93. The number of fused-ring (bicyclic) bond motifs is 3. The van der Waals surface area contributed by atoms with Gasteiger partial charge in [-0.25, -0.2) is 0 Å². The van der Waals surface area contributed by atoms with E-state index in [0.717, 1.165) is 12.8 Å². The van der Waals surface area contributed by atoms with Gasteiger partial charge in [-0.3, -0.25) is 14.4 Å². The molecule has 2 saturated carbocycles. The van der Waals surface area contributed by atoms with Gasteiger partial charge in [0.25, 0.3) is 0 Å². The Kier molecular flexibility index (Phi) is 3.58. The number of hydrogen-bond acceptors (Lipinski definition) is 5. The summed E-state index contributed by atoms with van der Waals surface area (Å²) in [6.45, 7) is 3.83. The van der Waals surface area contributed by atoms with E-state index in [4.69, 9.17) is 9.47 Å². The van der Waals surface area contributed by atoms with Crippen molar-refractivity contribution < 1.29 is 23.9 Å². The minimum Gasteiger partial charge on any atom is -0.461 e. The molecule has 5 nitrogen and oxygen atoms in total. The van der Waals surface area contributed by atoms with Gasteiger partial charge in [0.1, 0.15) is 9.53 Å². The molecule has 6 heteroatoms. The molecular formula is C15H19IO5. The van der Waals surface area contributed by atoms with Crippen molar-refractivity contribution in [3.8, 4) is 0 Å². The predicted molar refractivity (Wildman–Crippen MR) is 81.6 cm³/mol. The Morgan fingerprint density at radius 3 is 2.67 bits per heavy atom. The fourth-order valence-electron chi connectivity index (χ4n) is 3.97. The number of ether oxygens (including phenoxy) is 2. The molecular weight excluding hydrogens is 387 g/mol. The minimum atomic E-state index is -0.622. The highest BCUT2D eigenvalue weighted by Gasteiger charge is 2.64. The lowest BCUT2D eigenvalue weighted by Crippen LogP contribution is -2.40. The number of cyclic esters (lactones) is 2. The molecule has 1 saturated heterocycles. The number of esters is 3. The van der Waals surface area contributed by atoms with E-state index in [9.17, 15) is 14.4 Å². The Balaban J connectivity index is 1.68. The fourth-order valence-corrected chi connectivity index (χ4v) is 4.10. The first kappa shape index (κ1) is 15.2. The van der Waals surface area contributed by atoms with Crippen LogP contribution in [0.5, 0.6) is 0 Å². The molecule has 3 aliphatic rings. The van der Waals surface area contributed by atoms with Crippen LogP contribution in [0.2, 0.25) is 0 Å². The maximum absolute atomic E-state index is 12.2. The Hall–Kier alpha value is -0.660. The SMILES string of the molecule is CCC(C)(I)C(=O)OC1CC2CC1CC21CC(=O)OC1=O. The molecule has 21 heavy (non-hydrogen) atoms. The molecule has 0 radical (unpaired) electrons. The van der Waals surface area contributed by atoms with Crippen LogP contribution in [0.3, 0.4) is 0 Å². The van der Waals surface area contributed by atoms with E-state index in [2.05, 4.69) is 22.6 Å². The number of hydrogen-bond donors (Lipinski definition) is 0. The van der Waals surface area contributed by atoms with Crippen LogP contribution in [0.4, 0.5) is 0 Å². The van der Waals surface area contributed by atoms with E-state index in [1.165, 1.54) is 0 Å². The molecule has 1 spiro atoms. The van der Waals surface area contributed by atoms with E-state index in [1.54, 1.807) is 0 Å². The summed E-state index contributed by atoms with van der Waals surface area (Å²) in [5.74, 6) is -0.658. The van der Waals surface area contributed by atoms with Gasteiger partial charge in [-0.2, -0.15) is 0 Å². The molecule has 2 aliphatic carbocycles. The third-order valence-corrected chi connectivity index (χ3v) is 6.66. The molecule has 3 rings (SSSR count). The Labute approximate surface area is 137 Å². The lowest BCUT2D eigenvalue weighted by molar-refractivity contribution is -0.158. The van der Waals surface area contributed by atoms with Gasteiger partial charge in [0.15, 0.2) is 0 Å². The normalized spacial score (nSPS) is 40.4. The van der Waals surface area contributed by atoms with Crippen molar-refractivity contribution in [3.05, 3.63) is 0 Å². The third-order valence-electron chi connectivity index (χ3n) is 5.46. The number of alkyl halides is 1. The van der Waals surface area contributed by atoms with Crippen LogP contribution in [0.25, 0.3) is 0 Å². The largest absolute Gasteiger partial charge is 0.461 e. The van der Waals surface area contributed by atoms with Gasteiger partial charge < -0.3 is 9.47 Å². The Morgan fingerprint density at radius 2 is 2.19 bits per heavy atom. The van der Waals surface area contributed by atoms with Gasteiger partial charge in [0.2, 0.25) is 0 Å². The molecule has 3 fully saturated rings. The van der Waals surface area contributed by atoms with Crippen molar-refractivity contribution in [3.63, 3.8) is 0 Å². The van der Waals surface area contributed by atoms with Crippen LogP contribution in [-0.2, 0) is 23.9 Å².